The van der Waals surface area contributed by atoms with Gasteiger partial charge in [0.2, 0.25) is 0 Å². The van der Waals surface area contributed by atoms with E-state index < -0.39 is 0 Å². The maximum absolute atomic E-state index is 11.7. The van der Waals surface area contributed by atoms with Gasteiger partial charge in [0.25, 0.3) is 5.91 Å². The van der Waals surface area contributed by atoms with Crippen LogP contribution in [0.2, 0.25) is 0 Å². The van der Waals surface area contributed by atoms with Gasteiger partial charge in [0.15, 0.2) is 0 Å². The van der Waals surface area contributed by atoms with E-state index >= 15 is 0 Å². The third kappa shape index (κ3) is 3.79. The molecule has 5 nitrogen and oxygen atoms in total. The predicted molar refractivity (Wildman–Crippen MR) is 74.3 cm³/mol. The molecule has 1 aliphatic rings. The summed E-state index contributed by atoms with van der Waals surface area (Å²) in [6.07, 6.45) is 5.76. The molecule has 0 spiro atoms. The maximum atomic E-state index is 11.7. The Morgan fingerprint density at radius 2 is 2.42 bits per heavy atom. The Hall–Kier alpha value is -1.88. The number of carbonyl (C=O) groups excluding carboxylic acids is 1. The van der Waals surface area contributed by atoms with E-state index in [-0.39, 0.29) is 5.91 Å². The Kier molecular flexibility index (Phi) is 4.92. The average molecular weight is 261 g/mol. The summed E-state index contributed by atoms with van der Waals surface area (Å²) >= 11 is 0. The van der Waals surface area contributed by atoms with E-state index in [4.69, 9.17) is 4.74 Å². The molecule has 1 amide bonds. The Morgan fingerprint density at radius 1 is 1.53 bits per heavy atom. The zero-order valence-electron chi connectivity index (χ0n) is 11.1. The second kappa shape index (κ2) is 6.89. The van der Waals surface area contributed by atoms with E-state index in [2.05, 4.69) is 21.7 Å². The van der Waals surface area contributed by atoms with E-state index in [0.717, 1.165) is 26.0 Å². The maximum Gasteiger partial charge on any atom is 0.254 e. The highest BCUT2D eigenvalue weighted by atomic mass is 16.5. The average Bonchev–Trinajstić information content (AvgIpc) is 2.48. The summed E-state index contributed by atoms with van der Waals surface area (Å²) in [5.74, 6) is 0.510. The summed E-state index contributed by atoms with van der Waals surface area (Å²) in [4.78, 5) is 15.9. The smallest absolute Gasteiger partial charge is 0.254 e. The van der Waals surface area contributed by atoms with Crippen LogP contribution in [0.1, 0.15) is 23.2 Å². The monoisotopic (exact) mass is 261 g/mol. The molecule has 0 fully saturated rings. The summed E-state index contributed by atoms with van der Waals surface area (Å²) in [5.41, 5.74) is 1.97. The minimum Gasteiger partial charge on any atom is -0.377 e. The molecule has 0 radical (unpaired) electrons. The first-order valence-corrected chi connectivity index (χ1v) is 6.48. The van der Waals surface area contributed by atoms with Crippen molar-refractivity contribution in [1.29, 1.82) is 0 Å². The van der Waals surface area contributed by atoms with Crippen LogP contribution in [0.25, 0.3) is 0 Å². The van der Waals surface area contributed by atoms with Gasteiger partial charge in [0.1, 0.15) is 5.82 Å². The number of amides is 1. The highest BCUT2D eigenvalue weighted by Crippen LogP contribution is 2.14. The molecule has 1 aliphatic heterocycles. The molecule has 0 aliphatic carbocycles. The molecule has 0 bridgehead atoms. The number of nitrogens with zero attached hydrogens (tertiary/aromatic N) is 1. The minimum atomic E-state index is -0.124. The normalized spacial score (nSPS) is 14.7. The summed E-state index contributed by atoms with van der Waals surface area (Å²) in [7, 11) is 1.62. The minimum absolute atomic E-state index is 0.124. The van der Waals surface area contributed by atoms with Crippen molar-refractivity contribution in [3.05, 3.63) is 35.5 Å². The van der Waals surface area contributed by atoms with Crippen LogP contribution in [0.4, 0.5) is 5.82 Å². The van der Waals surface area contributed by atoms with Crippen LogP contribution in [0, 0.1) is 0 Å². The lowest BCUT2D eigenvalue weighted by molar-refractivity contribution is 0.0963. The van der Waals surface area contributed by atoms with Crippen molar-refractivity contribution in [2.24, 2.45) is 0 Å². The molecule has 102 valence electrons. The first-order valence-electron chi connectivity index (χ1n) is 6.48. The number of pyridine rings is 1. The van der Waals surface area contributed by atoms with E-state index in [1.807, 2.05) is 0 Å². The molecule has 1 aromatic heterocycles. The summed E-state index contributed by atoms with van der Waals surface area (Å²) in [6.45, 7) is 2.29. The molecule has 2 heterocycles. The van der Waals surface area contributed by atoms with Crippen LogP contribution in [-0.4, -0.2) is 37.7 Å². The van der Waals surface area contributed by atoms with Crippen LogP contribution in [0.15, 0.2) is 30.0 Å². The highest BCUT2D eigenvalue weighted by Gasteiger charge is 2.10. The van der Waals surface area contributed by atoms with Crippen molar-refractivity contribution in [3.63, 3.8) is 0 Å². The fourth-order valence-corrected chi connectivity index (χ4v) is 2.00. The first-order chi connectivity index (χ1) is 9.31. The zero-order valence-corrected chi connectivity index (χ0v) is 11.1. The summed E-state index contributed by atoms with van der Waals surface area (Å²) in [6, 6.07) is 3.53. The van der Waals surface area contributed by atoms with Gasteiger partial charge >= 0.3 is 0 Å². The van der Waals surface area contributed by atoms with Gasteiger partial charge < -0.3 is 15.4 Å². The lowest BCUT2D eigenvalue weighted by Gasteiger charge is -2.14. The molecule has 5 heteroatoms. The molecule has 19 heavy (non-hydrogen) atoms. The second-order valence-corrected chi connectivity index (χ2v) is 4.34. The Morgan fingerprint density at radius 3 is 3.16 bits per heavy atom. The van der Waals surface area contributed by atoms with Gasteiger partial charge in [0, 0.05) is 19.8 Å². The van der Waals surface area contributed by atoms with Crippen LogP contribution in [0.5, 0.6) is 0 Å². The van der Waals surface area contributed by atoms with Crippen molar-refractivity contribution in [2.75, 3.05) is 32.1 Å². The number of nitrogens with one attached hydrogen (secondary N) is 2. The molecule has 0 saturated heterocycles. The van der Waals surface area contributed by atoms with Crippen molar-refractivity contribution < 1.29 is 9.53 Å². The molecule has 2 rings (SSSR count). The molecular formula is C14H19N3O2. The lowest BCUT2D eigenvalue weighted by Crippen LogP contribution is -2.20. The molecule has 0 atom stereocenters. The SMILES string of the molecule is CNC(=O)c1cccnc1NCCC1=CCOCC1. The van der Waals surface area contributed by atoms with E-state index in [1.165, 1.54) is 5.57 Å². The van der Waals surface area contributed by atoms with E-state index in [0.29, 0.717) is 18.0 Å². The van der Waals surface area contributed by atoms with Gasteiger partial charge in [-0.15, -0.1) is 0 Å². The number of ether oxygens (including phenoxy) is 1. The largest absolute Gasteiger partial charge is 0.377 e. The number of carbonyl (C=O) groups is 1. The predicted octanol–water partition coefficient (Wildman–Crippen LogP) is 1.59. The fraction of sp³-hybridized carbons (Fsp3) is 0.429. The lowest BCUT2D eigenvalue weighted by atomic mass is 10.1. The van der Waals surface area contributed by atoms with Gasteiger partial charge in [-0.25, -0.2) is 4.98 Å². The van der Waals surface area contributed by atoms with Crippen LogP contribution >= 0.6 is 0 Å². The number of hydrogen-bond donors (Lipinski definition) is 2. The van der Waals surface area contributed by atoms with Crippen molar-refractivity contribution >= 4 is 11.7 Å². The van der Waals surface area contributed by atoms with Crippen LogP contribution in [-0.2, 0) is 4.74 Å². The molecular weight excluding hydrogens is 242 g/mol. The van der Waals surface area contributed by atoms with Gasteiger partial charge in [-0.2, -0.15) is 0 Å². The molecule has 2 N–H and O–H groups in total. The Bertz CT molecular complexity index is 472. The Balaban J connectivity index is 1.92. The van der Waals surface area contributed by atoms with Crippen molar-refractivity contribution in [1.82, 2.24) is 10.3 Å². The standard InChI is InChI=1S/C14H19N3O2/c1-15-14(18)12-3-2-7-16-13(12)17-8-4-11-5-9-19-10-6-11/h2-3,5,7H,4,6,8-10H2,1H3,(H,15,18)(H,16,17). The van der Waals surface area contributed by atoms with Crippen LogP contribution < -0.4 is 10.6 Å². The number of rotatable bonds is 5. The number of hydrogen-bond acceptors (Lipinski definition) is 4. The van der Waals surface area contributed by atoms with Crippen molar-refractivity contribution in [3.8, 4) is 0 Å². The first kappa shape index (κ1) is 13.5. The quantitative estimate of drug-likeness (QED) is 0.790. The molecule has 1 aromatic rings. The molecule has 0 aromatic carbocycles. The third-order valence-corrected chi connectivity index (χ3v) is 3.08. The van der Waals surface area contributed by atoms with E-state index in [9.17, 15) is 4.79 Å². The van der Waals surface area contributed by atoms with Gasteiger partial charge in [-0.3, -0.25) is 4.79 Å². The van der Waals surface area contributed by atoms with Gasteiger partial charge in [-0.05, 0) is 25.0 Å². The molecule has 0 saturated carbocycles. The summed E-state index contributed by atoms with van der Waals surface area (Å²) in [5, 5.41) is 5.84. The third-order valence-electron chi connectivity index (χ3n) is 3.08. The van der Waals surface area contributed by atoms with Crippen LogP contribution in [0.3, 0.4) is 0 Å². The summed E-state index contributed by atoms with van der Waals surface area (Å²) < 4.78 is 5.27. The number of aromatic nitrogens is 1. The second-order valence-electron chi connectivity index (χ2n) is 4.34. The fourth-order valence-electron chi connectivity index (χ4n) is 2.00. The highest BCUT2D eigenvalue weighted by molar-refractivity contribution is 5.98. The van der Waals surface area contributed by atoms with Gasteiger partial charge in [-0.1, -0.05) is 11.6 Å². The zero-order chi connectivity index (χ0) is 13.5. The Labute approximate surface area is 113 Å². The number of anilines is 1. The molecule has 0 unspecified atom stereocenters. The van der Waals surface area contributed by atoms with Gasteiger partial charge in [0.05, 0.1) is 18.8 Å². The van der Waals surface area contributed by atoms with E-state index in [1.54, 1.807) is 25.4 Å². The topological polar surface area (TPSA) is 63.2 Å². The van der Waals surface area contributed by atoms with Crippen molar-refractivity contribution in [2.45, 2.75) is 12.8 Å².